The lowest BCUT2D eigenvalue weighted by Crippen LogP contribution is -2.19. The predicted octanol–water partition coefficient (Wildman–Crippen LogP) is 4.00. The first kappa shape index (κ1) is 21.6. The van der Waals surface area contributed by atoms with Crippen LogP contribution in [-0.4, -0.2) is 46.7 Å². The van der Waals surface area contributed by atoms with E-state index in [4.69, 9.17) is 9.72 Å². The minimum Gasteiger partial charge on any atom is -0.490 e. The topological polar surface area (TPSA) is 96.0 Å². The van der Waals surface area contributed by atoms with Crippen molar-refractivity contribution in [3.05, 3.63) is 41.6 Å². The molecule has 3 aromatic rings. The number of ketones is 1. The van der Waals surface area contributed by atoms with Crippen LogP contribution in [-0.2, 0) is 11.2 Å². The van der Waals surface area contributed by atoms with Gasteiger partial charge in [0.1, 0.15) is 5.78 Å². The van der Waals surface area contributed by atoms with Crippen molar-refractivity contribution in [2.75, 3.05) is 30.9 Å². The summed E-state index contributed by atoms with van der Waals surface area (Å²) in [6.45, 7) is 6.34. The number of benzene rings is 1. The lowest BCUT2D eigenvalue weighted by atomic mass is 10.1. The standard InChI is InChI=1S/C21H26N6O2S/c1-6-27(4)20-18(29-5)19(22-17-11-13(2)25-26-17)23-21(24-20)30-16-9-7-15(8-10-16)12-14(3)28/h7-11H,6,12H2,1-5H3,(H2,22,23,24,25,26). The van der Waals surface area contributed by atoms with Gasteiger partial charge in [0.25, 0.3) is 0 Å². The molecule has 2 N–H and O–H groups in total. The Labute approximate surface area is 180 Å². The lowest BCUT2D eigenvalue weighted by Gasteiger charge is -2.21. The van der Waals surface area contributed by atoms with Crippen LogP contribution in [0, 0.1) is 6.92 Å². The van der Waals surface area contributed by atoms with Crippen LogP contribution >= 0.6 is 11.8 Å². The fourth-order valence-corrected chi connectivity index (χ4v) is 3.57. The van der Waals surface area contributed by atoms with Crippen molar-refractivity contribution in [3.8, 4) is 5.75 Å². The van der Waals surface area contributed by atoms with Gasteiger partial charge < -0.3 is 15.0 Å². The number of rotatable bonds is 9. The second-order valence-electron chi connectivity index (χ2n) is 6.91. The molecule has 0 amide bonds. The molecule has 9 heteroatoms. The third kappa shape index (κ3) is 5.29. The highest BCUT2D eigenvalue weighted by atomic mass is 32.2. The normalized spacial score (nSPS) is 10.7. The minimum absolute atomic E-state index is 0.144. The Morgan fingerprint density at radius 3 is 2.57 bits per heavy atom. The summed E-state index contributed by atoms with van der Waals surface area (Å²) >= 11 is 1.45. The molecule has 8 nitrogen and oxygen atoms in total. The molecule has 0 bridgehead atoms. The summed E-state index contributed by atoms with van der Waals surface area (Å²) in [5.74, 6) is 2.59. The highest BCUT2D eigenvalue weighted by molar-refractivity contribution is 7.99. The van der Waals surface area contributed by atoms with Gasteiger partial charge in [-0.1, -0.05) is 12.1 Å². The van der Waals surface area contributed by atoms with Crippen molar-refractivity contribution in [3.63, 3.8) is 0 Å². The third-order valence-electron chi connectivity index (χ3n) is 4.41. The summed E-state index contributed by atoms with van der Waals surface area (Å²) in [6, 6.07) is 9.76. The Morgan fingerprint density at radius 2 is 2.00 bits per heavy atom. The van der Waals surface area contributed by atoms with Gasteiger partial charge in [-0.05, 0) is 50.2 Å². The third-order valence-corrected chi connectivity index (χ3v) is 5.28. The number of methoxy groups -OCH3 is 1. The van der Waals surface area contributed by atoms with Crippen LogP contribution in [0.5, 0.6) is 5.75 Å². The SMILES string of the molecule is CCN(C)c1nc(Sc2ccc(CC(C)=O)cc2)nc(Nc2cc(C)[nH]n2)c1OC. The fourth-order valence-electron chi connectivity index (χ4n) is 2.82. The summed E-state index contributed by atoms with van der Waals surface area (Å²) in [6.07, 6.45) is 0.437. The largest absolute Gasteiger partial charge is 0.490 e. The fraction of sp³-hybridized carbons (Fsp3) is 0.333. The van der Waals surface area contributed by atoms with Crippen molar-refractivity contribution >= 4 is 35.0 Å². The highest BCUT2D eigenvalue weighted by Gasteiger charge is 2.19. The smallest absolute Gasteiger partial charge is 0.204 e. The maximum atomic E-state index is 11.3. The van der Waals surface area contributed by atoms with E-state index in [0.717, 1.165) is 22.7 Å². The zero-order valence-electron chi connectivity index (χ0n) is 17.8. The molecule has 0 aliphatic heterocycles. The number of aryl methyl sites for hydroxylation is 1. The number of hydrogen-bond acceptors (Lipinski definition) is 8. The molecular weight excluding hydrogens is 400 g/mol. The molecule has 3 rings (SSSR count). The van der Waals surface area contributed by atoms with E-state index in [1.54, 1.807) is 14.0 Å². The van der Waals surface area contributed by atoms with E-state index in [1.807, 2.05) is 56.1 Å². The summed E-state index contributed by atoms with van der Waals surface area (Å²) in [5.41, 5.74) is 1.93. The summed E-state index contributed by atoms with van der Waals surface area (Å²) in [4.78, 5) is 23.7. The number of Topliss-reactive ketones (excluding diaryl/α,β-unsaturated/α-hetero) is 1. The first-order chi connectivity index (χ1) is 14.4. The van der Waals surface area contributed by atoms with Crippen molar-refractivity contribution < 1.29 is 9.53 Å². The Kier molecular flexibility index (Phi) is 6.94. The lowest BCUT2D eigenvalue weighted by molar-refractivity contribution is -0.116. The molecule has 0 saturated carbocycles. The molecule has 0 aliphatic carbocycles. The average Bonchev–Trinajstić information content (AvgIpc) is 3.12. The number of aromatic amines is 1. The zero-order chi connectivity index (χ0) is 21.7. The Balaban J connectivity index is 1.94. The van der Waals surface area contributed by atoms with Gasteiger partial charge in [0, 0.05) is 36.7 Å². The first-order valence-corrected chi connectivity index (χ1v) is 10.4. The van der Waals surface area contributed by atoms with E-state index < -0.39 is 0 Å². The van der Waals surface area contributed by atoms with Crippen molar-refractivity contribution in [2.24, 2.45) is 0 Å². The molecule has 0 radical (unpaired) electrons. The van der Waals surface area contributed by atoms with Crippen LogP contribution in [0.15, 0.2) is 40.4 Å². The molecule has 1 aromatic carbocycles. The number of aromatic nitrogens is 4. The number of carbonyl (C=O) groups excluding carboxylic acids is 1. The maximum absolute atomic E-state index is 11.3. The van der Waals surface area contributed by atoms with E-state index in [1.165, 1.54) is 11.8 Å². The van der Waals surface area contributed by atoms with E-state index in [2.05, 4.69) is 20.5 Å². The maximum Gasteiger partial charge on any atom is 0.204 e. The molecule has 0 atom stereocenters. The minimum atomic E-state index is 0.144. The number of carbonyl (C=O) groups is 1. The molecule has 2 aromatic heterocycles. The van der Waals surface area contributed by atoms with E-state index in [-0.39, 0.29) is 5.78 Å². The van der Waals surface area contributed by atoms with Crippen LogP contribution in [0.2, 0.25) is 0 Å². The molecule has 0 aliphatic rings. The van der Waals surface area contributed by atoms with E-state index in [0.29, 0.717) is 34.8 Å². The van der Waals surface area contributed by atoms with E-state index in [9.17, 15) is 4.79 Å². The number of hydrogen-bond donors (Lipinski definition) is 2. The van der Waals surface area contributed by atoms with Crippen molar-refractivity contribution in [2.45, 2.75) is 37.2 Å². The van der Waals surface area contributed by atoms with Gasteiger partial charge >= 0.3 is 0 Å². The van der Waals surface area contributed by atoms with Gasteiger partial charge in [-0.2, -0.15) is 5.10 Å². The highest BCUT2D eigenvalue weighted by Crippen LogP contribution is 2.37. The van der Waals surface area contributed by atoms with Crippen molar-refractivity contribution in [1.82, 2.24) is 20.2 Å². The average molecular weight is 427 g/mol. The Morgan fingerprint density at radius 1 is 1.27 bits per heavy atom. The predicted molar refractivity (Wildman–Crippen MR) is 119 cm³/mol. The Bertz CT molecular complexity index is 1020. The molecule has 30 heavy (non-hydrogen) atoms. The van der Waals surface area contributed by atoms with Crippen LogP contribution in [0.1, 0.15) is 25.1 Å². The molecule has 0 fully saturated rings. The number of anilines is 3. The van der Waals surface area contributed by atoms with Gasteiger partial charge in [-0.25, -0.2) is 9.97 Å². The molecule has 2 heterocycles. The molecule has 0 unspecified atom stereocenters. The molecular formula is C21H26N6O2S. The van der Waals surface area contributed by atoms with Crippen LogP contribution in [0.3, 0.4) is 0 Å². The number of ether oxygens (including phenoxy) is 1. The zero-order valence-corrected chi connectivity index (χ0v) is 18.6. The number of H-pyrrole nitrogens is 1. The quantitative estimate of drug-likeness (QED) is 0.496. The monoisotopic (exact) mass is 426 g/mol. The molecule has 0 saturated heterocycles. The van der Waals surface area contributed by atoms with Gasteiger partial charge in [-0.3, -0.25) is 9.89 Å². The van der Waals surface area contributed by atoms with Crippen LogP contribution < -0.4 is 15.0 Å². The van der Waals surface area contributed by atoms with Gasteiger partial charge in [0.2, 0.25) is 5.75 Å². The van der Waals surface area contributed by atoms with Gasteiger partial charge in [0.15, 0.2) is 22.6 Å². The first-order valence-electron chi connectivity index (χ1n) is 9.62. The molecule has 158 valence electrons. The summed E-state index contributed by atoms with van der Waals surface area (Å²) in [5, 5.41) is 10.9. The number of nitrogens with one attached hydrogen (secondary N) is 2. The van der Waals surface area contributed by atoms with E-state index >= 15 is 0 Å². The second-order valence-corrected chi connectivity index (χ2v) is 7.95. The second kappa shape index (κ2) is 9.62. The number of nitrogens with zero attached hydrogens (tertiary/aromatic N) is 4. The van der Waals surface area contributed by atoms with Gasteiger partial charge in [0.05, 0.1) is 7.11 Å². The van der Waals surface area contributed by atoms with Crippen LogP contribution in [0.4, 0.5) is 17.5 Å². The summed E-state index contributed by atoms with van der Waals surface area (Å²) in [7, 11) is 3.56. The van der Waals surface area contributed by atoms with Crippen molar-refractivity contribution in [1.29, 1.82) is 0 Å². The summed E-state index contributed by atoms with van der Waals surface area (Å²) < 4.78 is 5.63. The van der Waals surface area contributed by atoms with Gasteiger partial charge in [-0.15, -0.1) is 0 Å². The molecule has 0 spiro atoms. The van der Waals surface area contributed by atoms with Crippen LogP contribution in [0.25, 0.3) is 0 Å². The Hall–Kier alpha value is -3.07.